The highest BCUT2D eigenvalue weighted by molar-refractivity contribution is 6.70. The van der Waals surface area contributed by atoms with Crippen LogP contribution in [0.3, 0.4) is 0 Å². The van der Waals surface area contributed by atoms with Crippen molar-refractivity contribution in [2.24, 2.45) is 0 Å². The van der Waals surface area contributed by atoms with Crippen molar-refractivity contribution < 1.29 is 8.85 Å². The lowest BCUT2D eigenvalue weighted by Gasteiger charge is -2.43. The van der Waals surface area contributed by atoms with E-state index in [9.17, 15) is 0 Å². The topological polar surface area (TPSA) is 18.5 Å². The second-order valence-corrected chi connectivity index (χ2v) is 9.69. The molecule has 0 aliphatic heterocycles. The minimum absolute atomic E-state index is 0. The molecule has 2 saturated carbocycles. The number of rotatable bonds is 4. The summed E-state index contributed by atoms with van der Waals surface area (Å²) in [5.74, 6) is 0. The van der Waals surface area contributed by atoms with Gasteiger partial charge in [-0.15, -0.1) is 0 Å². The second-order valence-electron chi connectivity index (χ2n) is 5.80. The first-order valence-electron chi connectivity index (χ1n) is 7.44. The fraction of sp³-hybridized carbons (Fsp3) is 1.00. The number of hydrogen-bond donors (Lipinski definition) is 0. The summed E-state index contributed by atoms with van der Waals surface area (Å²) < 4.78 is 12.2. The van der Waals surface area contributed by atoms with Crippen LogP contribution in [-0.2, 0) is 8.85 Å². The minimum atomic E-state index is -1.94. The first-order chi connectivity index (χ1) is 8.33. The molecule has 0 unspecified atom stereocenters. The summed E-state index contributed by atoms with van der Waals surface area (Å²) in [6.07, 6.45) is 13.8. The lowest BCUT2D eigenvalue weighted by atomic mass is 9.99. The van der Waals surface area contributed by atoms with Crippen LogP contribution in [0.1, 0.15) is 64.2 Å². The van der Waals surface area contributed by atoms with Gasteiger partial charge in [-0.05, 0) is 36.6 Å². The third-order valence-electron chi connectivity index (χ3n) is 4.99. The molecule has 2 aliphatic carbocycles. The summed E-state index contributed by atoms with van der Waals surface area (Å²) in [5.41, 5.74) is 1.52. The molecule has 0 amide bonds. The first kappa shape index (κ1) is 16.4. The largest absolute Gasteiger partial charge is 0.397 e. The van der Waals surface area contributed by atoms with Gasteiger partial charge >= 0.3 is 8.56 Å². The van der Waals surface area contributed by atoms with Crippen molar-refractivity contribution in [3.05, 3.63) is 0 Å². The molecule has 0 N–H and O–H groups in total. The third-order valence-corrected chi connectivity index (χ3v) is 9.69. The molecule has 4 heteroatoms. The molecule has 2 rings (SSSR count). The van der Waals surface area contributed by atoms with Crippen LogP contribution in [0.5, 0.6) is 0 Å². The van der Waals surface area contributed by atoms with Crippen LogP contribution < -0.4 is 0 Å². The van der Waals surface area contributed by atoms with E-state index in [-0.39, 0.29) is 11.0 Å². The van der Waals surface area contributed by atoms with Crippen LogP contribution in [0, 0.1) is 0 Å². The Morgan fingerprint density at radius 3 is 1.28 bits per heavy atom. The van der Waals surface area contributed by atoms with Crippen LogP contribution >= 0.6 is 0 Å². The van der Waals surface area contributed by atoms with Crippen molar-refractivity contribution in [1.29, 1.82) is 0 Å². The van der Waals surface area contributed by atoms with Gasteiger partial charge in [-0.2, -0.15) is 0 Å². The Kier molecular flexibility index (Phi) is 7.13. The quantitative estimate of drug-likeness (QED) is 0.741. The van der Waals surface area contributed by atoms with E-state index in [1.165, 1.54) is 64.2 Å². The molecule has 0 aromatic rings. The normalized spacial score (nSPS) is 23.7. The summed E-state index contributed by atoms with van der Waals surface area (Å²) >= 11 is 0. The molecule has 2 nitrogen and oxygen atoms in total. The molecule has 0 atom stereocenters. The van der Waals surface area contributed by atoms with Crippen LogP contribution in [0.15, 0.2) is 0 Å². The summed E-state index contributed by atoms with van der Waals surface area (Å²) in [6.45, 7) is 0. The van der Waals surface area contributed by atoms with E-state index in [4.69, 9.17) is 8.85 Å². The fourth-order valence-electron chi connectivity index (χ4n) is 4.09. The molecule has 0 saturated heterocycles. The highest BCUT2D eigenvalue weighted by Crippen LogP contribution is 2.48. The lowest BCUT2D eigenvalue weighted by molar-refractivity contribution is 0.193. The van der Waals surface area contributed by atoms with Gasteiger partial charge in [0.15, 0.2) is 0 Å². The molecule has 0 spiro atoms. The van der Waals surface area contributed by atoms with Gasteiger partial charge in [0.25, 0.3) is 0 Å². The van der Waals surface area contributed by atoms with E-state index in [0.29, 0.717) is 0 Å². The summed E-state index contributed by atoms with van der Waals surface area (Å²) in [4.78, 5) is 0. The molecule has 0 heterocycles. The van der Waals surface area contributed by atoms with E-state index in [1.54, 1.807) is 0 Å². The van der Waals surface area contributed by atoms with Gasteiger partial charge in [0.05, 0.1) is 0 Å². The smallest absolute Gasteiger partial charge is 0.344 e. The van der Waals surface area contributed by atoms with Crippen molar-refractivity contribution >= 4 is 19.5 Å². The standard InChI is InChI=1S/C14H28O2Si.H4Si/c1-15-17(16-2,13-9-5-3-6-10-13)14-11-7-4-8-12-14;/h13-14H,3-12H2,1-2H3;1H4. The Labute approximate surface area is 118 Å². The molecular formula is C14H32O2Si2. The van der Waals surface area contributed by atoms with Gasteiger partial charge in [0.1, 0.15) is 0 Å². The Balaban J connectivity index is 0.00000162. The molecule has 0 aromatic heterocycles. The fourth-order valence-corrected chi connectivity index (χ4v) is 8.69. The van der Waals surface area contributed by atoms with Crippen molar-refractivity contribution in [2.45, 2.75) is 75.3 Å². The molecule has 0 radical (unpaired) electrons. The van der Waals surface area contributed by atoms with Gasteiger partial charge in [0.2, 0.25) is 0 Å². The average Bonchev–Trinajstić information content (AvgIpc) is 2.43. The molecule has 18 heavy (non-hydrogen) atoms. The van der Waals surface area contributed by atoms with Gasteiger partial charge in [-0.1, -0.05) is 38.5 Å². The van der Waals surface area contributed by atoms with Crippen LogP contribution in [0.4, 0.5) is 0 Å². The third kappa shape index (κ3) is 3.27. The van der Waals surface area contributed by atoms with E-state index in [1.807, 2.05) is 14.2 Å². The minimum Gasteiger partial charge on any atom is -0.397 e. The van der Waals surface area contributed by atoms with Crippen molar-refractivity contribution in [1.82, 2.24) is 0 Å². The Morgan fingerprint density at radius 1 is 0.667 bits per heavy atom. The lowest BCUT2D eigenvalue weighted by Crippen LogP contribution is -2.50. The van der Waals surface area contributed by atoms with E-state index in [0.717, 1.165) is 11.1 Å². The average molecular weight is 289 g/mol. The SMILES string of the molecule is CO[Si](OC)(C1CCCCC1)C1CCCCC1.[SiH4]. The zero-order chi connectivity index (χ0) is 12.1. The molecular weight excluding hydrogens is 256 g/mol. The zero-order valence-corrected chi connectivity index (χ0v) is 12.5. The van der Waals surface area contributed by atoms with Crippen molar-refractivity contribution in [3.8, 4) is 0 Å². The molecule has 2 aliphatic rings. The maximum atomic E-state index is 6.08. The zero-order valence-electron chi connectivity index (χ0n) is 11.5. The first-order valence-corrected chi connectivity index (χ1v) is 9.41. The maximum absolute atomic E-state index is 6.08. The highest BCUT2D eigenvalue weighted by atomic mass is 28.4. The van der Waals surface area contributed by atoms with E-state index >= 15 is 0 Å². The molecule has 0 bridgehead atoms. The summed E-state index contributed by atoms with van der Waals surface area (Å²) in [6, 6.07) is 0. The van der Waals surface area contributed by atoms with Gasteiger partial charge < -0.3 is 8.85 Å². The Hall–Kier alpha value is 0.354. The molecule has 2 fully saturated rings. The predicted octanol–water partition coefficient (Wildman–Crippen LogP) is 2.94. The number of hydrogen-bond acceptors (Lipinski definition) is 2. The summed E-state index contributed by atoms with van der Waals surface area (Å²) in [5, 5.41) is 0. The summed E-state index contributed by atoms with van der Waals surface area (Å²) in [7, 11) is 1.89. The monoisotopic (exact) mass is 288 g/mol. The van der Waals surface area contributed by atoms with Crippen molar-refractivity contribution in [2.75, 3.05) is 14.2 Å². The van der Waals surface area contributed by atoms with Gasteiger partial charge in [-0.3, -0.25) is 0 Å². The van der Waals surface area contributed by atoms with Crippen LogP contribution in [0.25, 0.3) is 0 Å². The van der Waals surface area contributed by atoms with E-state index in [2.05, 4.69) is 0 Å². The Bertz CT molecular complexity index is 200. The van der Waals surface area contributed by atoms with E-state index < -0.39 is 8.56 Å². The predicted molar refractivity (Wildman–Crippen MR) is 84.8 cm³/mol. The second kappa shape index (κ2) is 7.83. The highest BCUT2D eigenvalue weighted by Gasteiger charge is 2.50. The van der Waals surface area contributed by atoms with Gasteiger partial charge in [-0.25, -0.2) is 0 Å². The Morgan fingerprint density at radius 2 is 1.00 bits per heavy atom. The maximum Gasteiger partial charge on any atom is 0.344 e. The molecule has 108 valence electrons. The van der Waals surface area contributed by atoms with Crippen molar-refractivity contribution in [3.63, 3.8) is 0 Å². The van der Waals surface area contributed by atoms with Crippen LogP contribution in [-0.4, -0.2) is 33.7 Å². The molecule has 0 aromatic carbocycles. The van der Waals surface area contributed by atoms with Gasteiger partial charge in [0, 0.05) is 25.3 Å². The van der Waals surface area contributed by atoms with Crippen LogP contribution in [0.2, 0.25) is 11.1 Å².